The van der Waals surface area contributed by atoms with Crippen LogP contribution in [0, 0.1) is 0 Å². The second-order valence-electron chi connectivity index (χ2n) is 5.50. The number of nitrogens with one attached hydrogen (secondary N) is 1. The normalized spacial score (nSPS) is 12.9. The molecule has 108 valence electrons. The lowest BCUT2D eigenvalue weighted by atomic mass is 9.98. The molecular formula is C16H22ClN3. The van der Waals surface area contributed by atoms with Crippen LogP contribution in [0.5, 0.6) is 0 Å². The molecule has 1 N–H and O–H groups in total. The predicted octanol–water partition coefficient (Wildman–Crippen LogP) is 4.14. The predicted molar refractivity (Wildman–Crippen MR) is 85.2 cm³/mol. The summed E-state index contributed by atoms with van der Waals surface area (Å²) in [5, 5.41) is 8.56. The first-order valence-corrected chi connectivity index (χ1v) is 7.32. The van der Waals surface area contributed by atoms with Gasteiger partial charge in [0.05, 0.1) is 5.69 Å². The molecule has 0 saturated carbocycles. The number of halogens is 1. The van der Waals surface area contributed by atoms with Crippen LogP contribution in [0.4, 0.5) is 0 Å². The Labute approximate surface area is 126 Å². The molecule has 20 heavy (non-hydrogen) atoms. The van der Waals surface area contributed by atoms with E-state index in [1.807, 2.05) is 24.8 Å². The van der Waals surface area contributed by atoms with Gasteiger partial charge in [0.2, 0.25) is 0 Å². The van der Waals surface area contributed by atoms with Crippen molar-refractivity contribution in [2.45, 2.75) is 32.7 Å². The van der Waals surface area contributed by atoms with Crippen molar-refractivity contribution in [1.29, 1.82) is 0 Å². The fourth-order valence-electron chi connectivity index (χ4n) is 2.36. The largest absolute Gasteiger partial charge is 0.313 e. The van der Waals surface area contributed by atoms with Gasteiger partial charge in [0.1, 0.15) is 0 Å². The average Bonchev–Trinajstić information content (AvgIpc) is 2.80. The summed E-state index contributed by atoms with van der Waals surface area (Å²) in [5.74, 6) is 0.390. The number of rotatable bonds is 4. The standard InChI is InChI=1S/C16H22ClN3/c1-10(2)16-14(9-20(5)19-16)12-6-7-13(11(3)18-4)15(17)8-12/h6-11,18H,1-5H3. The maximum Gasteiger partial charge on any atom is 0.0728 e. The van der Waals surface area contributed by atoms with Gasteiger partial charge in [-0.3, -0.25) is 4.68 Å². The summed E-state index contributed by atoms with van der Waals surface area (Å²) in [6.45, 7) is 6.42. The minimum Gasteiger partial charge on any atom is -0.313 e. The van der Waals surface area contributed by atoms with E-state index in [0.29, 0.717) is 5.92 Å². The minimum absolute atomic E-state index is 0.245. The monoisotopic (exact) mass is 291 g/mol. The number of benzene rings is 1. The van der Waals surface area contributed by atoms with Crippen LogP contribution in [-0.2, 0) is 7.05 Å². The van der Waals surface area contributed by atoms with E-state index in [0.717, 1.165) is 27.4 Å². The molecule has 1 aromatic heterocycles. The van der Waals surface area contributed by atoms with Gasteiger partial charge in [0.15, 0.2) is 0 Å². The number of aromatic nitrogens is 2. The number of hydrogen-bond acceptors (Lipinski definition) is 2. The van der Waals surface area contributed by atoms with Gasteiger partial charge in [-0.05, 0) is 37.1 Å². The highest BCUT2D eigenvalue weighted by Gasteiger charge is 2.15. The lowest BCUT2D eigenvalue weighted by molar-refractivity contribution is 0.652. The molecule has 1 atom stereocenters. The van der Waals surface area contributed by atoms with E-state index >= 15 is 0 Å². The zero-order valence-corrected chi connectivity index (χ0v) is 13.5. The molecule has 0 aliphatic carbocycles. The number of hydrogen-bond donors (Lipinski definition) is 1. The fourth-order valence-corrected chi connectivity index (χ4v) is 2.70. The Kier molecular flexibility index (Phi) is 4.51. The van der Waals surface area contributed by atoms with Crippen LogP contribution in [0.2, 0.25) is 5.02 Å². The van der Waals surface area contributed by atoms with Crippen LogP contribution in [0.15, 0.2) is 24.4 Å². The van der Waals surface area contributed by atoms with Gasteiger partial charge in [-0.1, -0.05) is 37.6 Å². The maximum absolute atomic E-state index is 6.42. The second-order valence-corrected chi connectivity index (χ2v) is 5.91. The van der Waals surface area contributed by atoms with E-state index in [9.17, 15) is 0 Å². The summed E-state index contributed by atoms with van der Waals surface area (Å²) in [7, 11) is 3.89. The first kappa shape index (κ1) is 15.1. The van der Waals surface area contributed by atoms with Crippen molar-refractivity contribution < 1.29 is 0 Å². The van der Waals surface area contributed by atoms with E-state index in [1.54, 1.807) is 0 Å². The summed E-state index contributed by atoms with van der Waals surface area (Å²) < 4.78 is 1.86. The second kappa shape index (κ2) is 5.98. The quantitative estimate of drug-likeness (QED) is 0.917. The van der Waals surface area contributed by atoms with E-state index < -0.39 is 0 Å². The van der Waals surface area contributed by atoms with E-state index in [-0.39, 0.29) is 6.04 Å². The molecule has 1 aromatic carbocycles. The Hall–Kier alpha value is -1.32. The first-order valence-electron chi connectivity index (χ1n) is 6.94. The lowest BCUT2D eigenvalue weighted by Gasteiger charge is -2.14. The first-order chi connectivity index (χ1) is 9.43. The minimum atomic E-state index is 0.245. The Morgan fingerprint density at radius 3 is 2.50 bits per heavy atom. The molecule has 1 unspecified atom stereocenters. The van der Waals surface area contributed by atoms with Crippen LogP contribution < -0.4 is 5.32 Å². The van der Waals surface area contributed by atoms with Crippen molar-refractivity contribution in [3.05, 3.63) is 40.7 Å². The topological polar surface area (TPSA) is 29.9 Å². The van der Waals surface area contributed by atoms with E-state index in [4.69, 9.17) is 11.6 Å². The molecule has 0 spiro atoms. The number of nitrogens with zero attached hydrogens (tertiary/aromatic N) is 2. The number of aryl methyl sites for hydroxylation is 1. The molecule has 0 fully saturated rings. The molecule has 0 aliphatic rings. The fraction of sp³-hybridized carbons (Fsp3) is 0.438. The molecule has 2 rings (SSSR count). The smallest absolute Gasteiger partial charge is 0.0728 e. The summed E-state index contributed by atoms with van der Waals surface area (Å²) in [5.41, 5.74) is 4.51. The molecule has 0 bridgehead atoms. The van der Waals surface area contributed by atoms with Gasteiger partial charge < -0.3 is 5.32 Å². The van der Waals surface area contributed by atoms with Gasteiger partial charge >= 0.3 is 0 Å². The molecule has 0 amide bonds. The molecule has 4 heteroatoms. The third kappa shape index (κ3) is 2.89. The molecule has 1 heterocycles. The molecule has 0 saturated heterocycles. The average molecular weight is 292 g/mol. The van der Waals surface area contributed by atoms with Crippen LogP contribution in [-0.4, -0.2) is 16.8 Å². The molecule has 3 nitrogen and oxygen atoms in total. The third-order valence-corrected chi connectivity index (χ3v) is 3.94. The van der Waals surface area contributed by atoms with Gasteiger partial charge in [0.25, 0.3) is 0 Å². The Morgan fingerprint density at radius 1 is 1.25 bits per heavy atom. The summed E-state index contributed by atoms with van der Waals surface area (Å²) in [6.07, 6.45) is 2.06. The molecule has 0 aliphatic heterocycles. The van der Waals surface area contributed by atoms with Crippen molar-refractivity contribution in [2.24, 2.45) is 7.05 Å². The van der Waals surface area contributed by atoms with E-state index in [1.165, 1.54) is 0 Å². The van der Waals surface area contributed by atoms with Crippen molar-refractivity contribution in [1.82, 2.24) is 15.1 Å². The third-order valence-electron chi connectivity index (χ3n) is 3.62. The van der Waals surface area contributed by atoms with Crippen LogP contribution >= 0.6 is 11.6 Å². The summed E-state index contributed by atoms with van der Waals surface area (Å²) in [4.78, 5) is 0. The van der Waals surface area contributed by atoms with Crippen molar-refractivity contribution >= 4 is 11.6 Å². The zero-order valence-electron chi connectivity index (χ0n) is 12.7. The van der Waals surface area contributed by atoms with Crippen LogP contribution in [0.1, 0.15) is 44.0 Å². The van der Waals surface area contributed by atoms with Gasteiger partial charge in [-0.25, -0.2) is 0 Å². The van der Waals surface area contributed by atoms with Gasteiger partial charge in [-0.2, -0.15) is 5.10 Å². The SMILES string of the molecule is CNC(C)c1ccc(-c2cn(C)nc2C(C)C)cc1Cl. The summed E-state index contributed by atoms with van der Waals surface area (Å²) >= 11 is 6.42. The van der Waals surface area contributed by atoms with Crippen LogP contribution in [0.3, 0.4) is 0 Å². The maximum atomic E-state index is 6.42. The molecule has 0 radical (unpaired) electrons. The van der Waals surface area contributed by atoms with Crippen LogP contribution in [0.25, 0.3) is 11.1 Å². The van der Waals surface area contributed by atoms with Gasteiger partial charge in [-0.15, -0.1) is 0 Å². The zero-order chi connectivity index (χ0) is 14.9. The Bertz CT molecular complexity index is 602. The highest BCUT2D eigenvalue weighted by molar-refractivity contribution is 6.31. The lowest BCUT2D eigenvalue weighted by Crippen LogP contribution is -2.12. The van der Waals surface area contributed by atoms with Crippen molar-refractivity contribution in [3.63, 3.8) is 0 Å². The molecule has 2 aromatic rings. The highest BCUT2D eigenvalue weighted by Crippen LogP contribution is 2.32. The summed E-state index contributed by atoms with van der Waals surface area (Å²) in [6, 6.07) is 6.50. The van der Waals surface area contributed by atoms with Crippen molar-refractivity contribution in [3.8, 4) is 11.1 Å². The van der Waals surface area contributed by atoms with Crippen molar-refractivity contribution in [2.75, 3.05) is 7.05 Å². The Balaban J connectivity index is 2.47. The Morgan fingerprint density at radius 2 is 1.95 bits per heavy atom. The van der Waals surface area contributed by atoms with E-state index in [2.05, 4.69) is 49.5 Å². The highest BCUT2D eigenvalue weighted by atomic mass is 35.5. The van der Waals surface area contributed by atoms with Gasteiger partial charge in [0, 0.05) is 29.9 Å². The molecular weight excluding hydrogens is 270 g/mol.